The summed E-state index contributed by atoms with van der Waals surface area (Å²) < 4.78 is 26.3. The summed E-state index contributed by atoms with van der Waals surface area (Å²) in [5.74, 6) is -0.814. The first-order valence-electron chi connectivity index (χ1n) is 9.40. The van der Waals surface area contributed by atoms with Gasteiger partial charge in [-0.3, -0.25) is 9.59 Å². The number of nitrogens with zero attached hydrogens (tertiary/aromatic N) is 1. The molecule has 0 atom stereocenters. The van der Waals surface area contributed by atoms with Crippen LogP contribution in [0, 0.1) is 0 Å². The Kier molecular flexibility index (Phi) is 8.11. The molecule has 0 heterocycles. The molecule has 2 aromatic rings. The zero-order chi connectivity index (χ0) is 23.0. The second-order valence-corrected chi connectivity index (χ2v) is 8.62. The van der Waals surface area contributed by atoms with Crippen LogP contribution in [0.5, 0.6) is 0 Å². The molecule has 0 aromatic heterocycles. The van der Waals surface area contributed by atoms with Crippen molar-refractivity contribution in [3.8, 4) is 0 Å². The lowest BCUT2D eigenvalue weighted by Crippen LogP contribution is -2.35. The zero-order valence-corrected chi connectivity index (χ0v) is 18.2. The quantitative estimate of drug-likeness (QED) is 0.491. The Morgan fingerprint density at radius 1 is 0.903 bits per heavy atom. The third-order valence-corrected chi connectivity index (χ3v) is 5.81. The second-order valence-electron chi connectivity index (χ2n) is 6.58. The topological polar surface area (TPSA) is 137 Å². The number of carbonyl (C=O) groups excluding carboxylic acids is 3. The summed E-state index contributed by atoms with van der Waals surface area (Å²) in [6, 6.07) is 11.8. The van der Waals surface area contributed by atoms with Crippen LogP contribution in [0.4, 0.5) is 21.9 Å². The van der Waals surface area contributed by atoms with Gasteiger partial charge < -0.3 is 21.3 Å². The van der Waals surface area contributed by atoms with Crippen molar-refractivity contribution in [1.29, 1.82) is 0 Å². The highest BCUT2D eigenvalue weighted by Crippen LogP contribution is 2.18. The van der Waals surface area contributed by atoms with E-state index in [0.717, 1.165) is 4.31 Å². The van der Waals surface area contributed by atoms with Gasteiger partial charge in [-0.05, 0) is 49.4 Å². The van der Waals surface area contributed by atoms with Crippen molar-refractivity contribution < 1.29 is 22.8 Å². The van der Waals surface area contributed by atoms with Crippen LogP contribution in [0.15, 0.2) is 53.4 Å². The Morgan fingerprint density at radius 3 is 2.10 bits per heavy atom. The molecule has 0 unspecified atom stereocenters. The van der Waals surface area contributed by atoms with Crippen LogP contribution in [0.1, 0.15) is 13.8 Å². The van der Waals surface area contributed by atoms with E-state index in [4.69, 9.17) is 0 Å². The molecule has 0 saturated heterocycles. The van der Waals surface area contributed by atoms with Gasteiger partial charge in [0, 0.05) is 37.6 Å². The average molecular weight is 448 g/mol. The minimum atomic E-state index is -3.91. The van der Waals surface area contributed by atoms with E-state index >= 15 is 0 Å². The van der Waals surface area contributed by atoms with Crippen molar-refractivity contribution in [2.24, 2.45) is 0 Å². The lowest BCUT2D eigenvalue weighted by Gasteiger charge is -2.17. The molecule has 11 heteroatoms. The van der Waals surface area contributed by atoms with Gasteiger partial charge in [0.15, 0.2) is 0 Å². The predicted octanol–water partition coefficient (Wildman–Crippen LogP) is 2.05. The number of hydrogen-bond donors (Lipinski definition) is 4. The van der Waals surface area contributed by atoms with E-state index in [1.165, 1.54) is 38.2 Å². The molecule has 0 fully saturated rings. The largest absolute Gasteiger partial charge is 0.338 e. The number of urea groups is 1. The second kappa shape index (κ2) is 10.5. The third-order valence-electron chi connectivity index (χ3n) is 3.99. The van der Waals surface area contributed by atoms with Crippen LogP contribution in [0.2, 0.25) is 0 Å². The molecule has 31 heavy (non-hydrogen) atoms. The predicted molar refractivity (Wildman–Crippen MR) is 118 cm³/mol. The standard InChI is InChI=1S/C20H25N5O5S/c1-4-21-20(28)24-17-7-5-6-16(12-17)23-19(27)13-25(3)31(29,30)18-10-8-15(9-11-18)22-14(2)26/h5-12H,4,13H2,1-3H3,(H,22,26)(H,23,27)(H2,21,24,28). The Bertz CT molecular complexity index is 1050. The fourth-order valence-corrected chi connectivity index (χ4v) is 3.72. The van der Waals surface area contributed by atoms with Crippen molar-refractivity contribution in [2.45, 2.75) is 18.7 Å². The normalized spacial score (nSPS) is 11.0. The maximum absolute atomic E-state index is 12.7. The van der Waals surface area contributed by atoms with Crippen LogP contribution in [0.25, 0.3) is 0 Å². The maximum atomic E-state index is 12.7. The average Bonchev–Trinajstić information content (AvgIpc) is 2.68. The number of hydrogen-bond acceptors (Lipinski definition) is 5. The van der Waals surface area contributed by atoms with Crippen LogP contribution in [0.3, 0.4) is 0 Å². The molecule has 0 saturated carbocycles. The highest BCUT2D eigenvalue weighted by atomic mass is 32.2. The van der Waals surface area contributed by atoms with E-state index in [9.17, 15) is 22.8 Å². The Hall–Kier alpha value is -3.44. The number of nitrogens with one attached hydrogen (secondary N) is 4. The molecular formula is C20H25N5O5S. The minimum absolute atomic E-state index is 0.00923. The van der Waals surface area contributed by atoms with Crippen LogP contribution in [-0.2, 0) is 19.6 Å². The molecule has 2 rings (SSSR count). The van der Waals surface area contributed by atoms with Crippen molar-refractivity contribution in [3.63, 3.8) is 0 Å². The van der Waals surface area contributed by atoms with Gasteiger partial charge in [0.05, 0.1) is 11.4 Å². The van der Waals surface area contributed by atoms with Gasteiger partial charge in [-0.1, -0.05) is 6.07 Å². The summed E-state index contributed by atoms with van der Waals surface area (Å²) in [6.07, 6.45) is 0. The minimum Gasteiger partial charge on any atom is -0.338 e. The van der Waals surface area contributed by atoms with E-state index in [1.807, 2.05) is 0 Å². The number of rotatable bonds is 8. The van der Waals surface area contributed by atoms with Gasteiger partial charge in [0.2, 0.25) is 21.8 Å². The van der Waals surface area contributed by atoms with Gasteiger partial charge in [-0.25, -0.2) is 13.2 Å². The zero-order valence-electron chi connectivity index (χ0n) is 17.4. The molecule has 0 spiro atoms. The van der Waals surface area contributed by atoms with E-state index in [-0.39, 0.29) is 16.8 Å². The van der Waals surface area contributed by atoms with Crippen LogP contribution < -0.4 is 21.3 Å². The van der Waals surface area contributed by atoms with Gasteiger partial charge >= 0.3 is 6.03 Å². The third kappa shape index (κ3) is 7.08. The highest BCUT2D eigenvalue weighted by Gasteiger charge is 2.23. The Morgan fingerprint density at radius 2 is 1.52 bits per heavy atom. The molecule has 0 aliphatic carbocycles. The maximum Gasteiger partial charge on any atom is 0.319 e. The Labute approximate surface area is 181 Å². The van der Waals surface area contributed by atoms with E-state index in [2.05, 4.69) is 21.3 Å². The monoisotopic (exact) mass is 447 g/mol. The van der Waals surface area contributed by atoms with Crippen molar-refractivity contribution in [3.05, 3.63) is 48.5 Å². The fourth-order valence-electron chi connectivity index (χ4n) is 2.59. The summed E-state index contributed by atoms with van der Waals surface area (Å²) in [5, 5.41) is 10.4. The first kappa shape index (κ1) is 23.8. The molecular weight excluding hydrogens is 422 g/mol. The van der Waals surface area contributed by atoms with E-state index in [0.29, 0.717) is 23.6 Å². The first-order chi connectivity index (χ1) is 14.6. The number of sulfonamides is 1. The van der Waals surface area contributed by atoms with E-state index in [1.54, 1.807) is 31.2 Å². The Balaban J connectivity index is 2.01. The molecule has 0 radical (unpaired) electrons. The fraction of sp³-hybridized carbons (Fsp3) is 0.250. The molecule has 0 bridgehead atoms. The van der Waals surface area contributed by atoms with Crippen molar-refractivity contribution >= 4 is 44.9 Å². The molecule has 0 aliphatic rings. The van der Waals surface area contributed by atoms with Crippen LogP contribution >= 0.6 is 0 Å². The first-order valence-corrected chi connectivity index (χ1v) is 10.8. The molecule has 10 nitrogen and oxygen atoms in total. The molecule has 2 aromatic carbocycles. The van der Waals surface area contributed by atoms with Crippen LogP contribution in [-0.4, -0.2) is 50.7 Å². The molecule has 4 amide bonds. The molecule has 0 aliphatic heterocycles. The van der Waals surface area contributed by atoms with Gasteiger partial charge in [-0.2, -0.15) is 4.31 Å². The number of anilines is 3. The summed E-state index contributed by atoms with van der Waals surface area (Å²) >= 11 is 0. The van der Waals surface area contributed by atoms with Crippen molar-refractivity contribution in [2.75, 3.05) is 36.1 Å². The lowest BCUT2D eigenvalue weighted by atomic mass is 10.2. The van der Waals surface area contributed by atoms with Gasteiger partial charge in [0.25, 0.3) is 0 Å². The summed E-state index contributed by atoms with van der Waals surface area (Å²) in [5.41, 5.74) is 1.35. The molecule has 4 N–H and O–H groups in total. The summed E-state index contributed by atoms with van der Waals surface area (Å²) in [7, 11) is -2.61. The van der Waals surface area contributed by atoms with Gasteiger partial charge in [0.1, 0.15) is 0 Å². The van der Waals surface area contributed by atoms with E-state index < -0.39 is 22.5 Å². The number of likely N-dealkylation sites (N-methyl/N-ethyl adjacent to an activating group) is 1. The lowest BCUT2D eigenvalue weighted by molar-refractivity contribution is -0.116. The van der Waals surface area contributed by atoms with Gasteiger partial charge in [-0.15, -0.1) is 0 Å². The number of benzene rings is 2. The summed E-state index contributed by atoms with van der Waals surface area (Å²) in [6.45, 7) is 3.20. The smallest absolute Gasteiger partial charge is 0.319 e. The number of carbonyl (C=O) groups is 3. The SMILES string of the molecule is CCNC(=O)Nc1cccc(NC(=O)CN(C)S(=O)(=O)c2ccc(NC(C)=O)cc2)c1. The summed E-state index contributed by atoms with van der Waals surface area (Å²) in [4.78, 5) is 35.0. The number of amides is 4. The molecule has 166 valence electrons. The van der Waals surface area contributed by atoms with Crippen molar-refractivity contribution in [1.82, 2.24) is 9.62 Å². The highest BCUT2D eigenvalue weighted by molar-refractivity contribution is 7.89.